The molecule has 0 bridgehead atoms. The summed E-state index contributed by atoms with van der Waals surface area (Å²) in [6.07, 6.45) is 5.18. The van der Waals surface area contributed by atoms with Crippen molar-refractivity contribution in [3.8, 4) is 0 Å². The Hall–Kier alpha value is -1.98. The van der Waals surface area contributed by atoms with Crippen LogP contribution in [0.1, 0.15) is 33.6 Å². The Labute approximate surface area is 130 Å². The van der Waals surface area contributed by atoms with Gasteiger partial charge in [-0.3, -0.25) is 14.6 Å². The highest BCUT2D eigenvalue weighted by Gasteiger charge is 2.38. The third-order valence-electron chi connectivity index (χ3n) is 3.65. The topological polar surface area (TPSA) is 76.0 Å². The number of carbonyl (C=O) groups is 3. The molecule has 2 rings (SSSR count). The maximum absolute atomic E-state index is 12.5. The fraction of sp³-hybridized carbons (Fsp3) is 0.625. The molecule has 6 nitrogen and oxygen atoms in total. The molecular formula is C16H22N2O4. The second-order valence-electron chi connectivity index (χ2n) is 6.61. The van der Waals surface area contributed by atoms with Gasteiger partial charge in [-0.15, -0.1) is 0 Å². The monoisotopic (exact) mass is 306 g/mol. The van der Waals surface area contributed by atoms with Crippen molar-refractivity contribution in [2.45, 2.75) is 39.2 Å². The third-order valence-corrected chi connectivity index (χ3v) is 3.65. The van der Waals surface area contributed by atoms with Crippen LogP contribution in [0.4, 0.5) is 4.79 Å². The van der Waals surface area contributed by atoms with Gasteiger partial charge in [0, 0.05) is 37.8 Å². The number of Topliss-reactive ketones (excluding diaryl/α,β-unsaturated/α-hetero) is 2. The minimum atomic E-state index is -0.762. The molecule has 0 radical (unpaired) electrons. The van der Waals surface area contributed by atoms with Crippen molar-refractivity contribution in [3.05, 3.63) is 12.3 Å². The van der Waals surface area contributed by atoms with Gasteiger partial charge in [0.15, 0.2) is 5.78 Å². The summed E-state index contributed by atoms with van der Waals surface area (Å²) >= 11 is 0. The van der Waals surface area contributed by atoms with Gasteiger partial charge in [0.25, 0.3) is 0 Å². The summed E-state index contributed by atoms with van der Waals surface area (Å²) in [5, 5.41) is 0. The van der Waals surface area contributed by atoms with Gasteiger partial charge in [-0.05, 0) is 27.2 Å². The number of piperidine rings is 1. The largest absolute Gasteiger partial charge is 0.444 e. The summed E-state index contributed by atoms with van der Waals surface area (Å²) in [6, 6.07) is 0. The molecule has 0 spiro atoms. The first kappa shape index (κ1) is 16.4. The Kier molecular flexibility index (Phi) is 4.78. The van der Waals surface area contributed by atoms with Crippen LogP contribution in [0.5, 0.6) is 0 Å². The van der Waals surface area contributed by atoms with Crippen molar-refractivity contribution in [1.29, 1.82) is 0 Å². The molecule has 2 aliphatic heterocycles. The lowest BCUT2D eigenvalue weighted by atomic mass is 9.84. The Balaban J connectivity index is 2.03. The van der Waals surface area contributed by atoms with E-state index < -0.39 is 17.6 Å². The minimum absolute atomic E-state index is 0.0966. The van der Waals surface area contributed by atoms with E-state index in [1.165, 1.54) is 4.90 Å². The summed E-state index contributed by atoms with van der Waals surface area (Å²) in [6.45, 7) is 5.77. The number of aliphatic imine (C=N–C) groups is 1. The Bertz CT molecular complexity index is 531. The van der Waals surface area contributed by atoms with E-state index in [4.69, 9.17) is 4.74 Å². The third kappa shape index (κ3) is 4.02. The second kappa shape index (κ2) is 6.42. The molecule has 1 fully saturated rings. The summed E-state index contributed by atoms with van der Waals surface area (Å²) in [4.78, 5) is 42.1. The van der Waals surface area contributed by atoms with Crippen LogP contribution in [-0.4, -0.2) is 47.5 Å². The van der Waals surface area contributed by atoms with Crippen LogP contribution in [0.3, 0.4) is 0 Å². The molecule has 0 aromatic heterocycles. The van der Waals surface area contributed by atoms with Gasteiger partial charge in [-0.25, -0.2) is 4.79 Å². The van der Waals surface area contributed by atoms with Crippen molar-refractivity contribution in [3.63, 3.8) is 0 Å². The fourth-order valence-electron chi connectivity index (χ4n) is 2.51. The quantitative estimate of drug-likeness (QED) is 0.731. The SMILES string of the molecule is CC(C)(C)OC(=O)N1CCC(=O)C(C(=O)C2C=CN=CC2)C1. The molecule has 2 unspecified atom stereocenters. The van der Waals surface area contributed by atoms with E-state index in [0.717, 1.165) is 0 Å². The van der Waals surface area contributed by atoms with Gasteiger partial charge >= 0.3 is 6.09 Å². The normalized spacial score (nSPS) is 25.2. The van der Waals surface area contributed by atoms with E-state index >= 15 is 0 Å². The smallest absolute Gasteiger partial charge is 0.410 e. The highest BCUT2D eigenvalue weighted by Crippen LogP contribution is 2.22. The first-order valence-corrected chi connectivity index (χ1v) is 7.50. The summed E-state index contributed by atoms with van der Waals surface area (Å²) in [7, 11) is 0. The minimum Gasteiger partial charge on any atom is -0.444 e. The fourth-order valence-corrected chi connectivity index (χ4v) is 2.51. The van der Waals surface area contributed by atoms with Crippen molar-refractivity contribution < 1.29 is 19.1 Å². The lowest BCUT2D eigenvalue weighted by molar-refractivity contribution is -0.137. The molecule has 0 aromatic rings. The Morgan fingerprint density at radius 1 is 1.36 bits per heavy atom. The number of carbonyl (C=O) groups excluding carboxylic acids is 3. The number of ether oxygens (including phenoxy) is 1. The molecule has 6 heteroatoms. The summed E-state index contributed by atoms with van der Waals surface area (Å²) in [5.74, 6) is -1.33. The molecule has 0 N–H and O–H groups in total. The van der Waals surface area contributed by atoms with Crippen LogP contribution in [0, 0.1) is 11.8 Å². The molecule has 0 aromatic carbocycles. The molecule has 120 valence electrons. The first-order valence-electron chi connectivity index (χ1n) is 7.50. The molecule has 0 aliphatic carbocycles. The van der Waals surface area contributed by atoms with Gasteiger partial charge in [0.05, 0.1) is 5.92 Å². The van der Waals surface area contributed by atoms with Gasteiger partial charge in [0.2, 0.25) is 0 Å². The van der Waals surface area contributed by atoms with E-state index in [2.05, 4.69) is 4.99 Å². The van der Waals surface area contributed by atoms with E-state index in [-0.39, 0.29) is 30.4 Å². The molecule has 1 amide bonds. The average molecular weight is 306 g/mol. The van der Waals surface area contributed by atoms with Crippen LogP contribution in [0.15, 0.2) is 17.3 Å². The molecule has 2 aliphatic rings. The zero-order chi connectivity index (χ0) is 16.3. The Morgan fingerprint density at radius 2 is 2.09 bits per heavy atom. The van der Waals surface area contributed by atoms with E-state index in [0.29, 0.717) is 13.0 Å². The lowest BCUT2D eigenvalue weighted by Crippen LogP contribution is -2.49. The summed E-state index contributed by atoms with van der Waals surface area (Å²) in [5.41, 5.74) is -0.597. The highest BCUT2D eigenvalue weighted by atomic mass is 16.6. The first-order chi connectivity index (χ1) is 10.3. The van der Waals surface area contributed by atoms with Crippen LogP contribution >= 0.6 is 0 Å². The van der Waals surface area contributed by atoms with Crippen molar-refractivity contribution >= 4 is 23.9 Å². The molecule has 0 saturated carbocycles. The Morgan fingerprint density at radius 3 is 2.68 bits per heavy atom. The second-order valence-corrected chi connectivity index (χ2v) is 6.61. The molecule has 2 atom stereocenters. The van der Waals surface area contributed by atoms with E-state index in [9.17, 15) is 14.4 Å². The average Bonchev–Trinajstić information content (AvgIpc) is 2.46. The summed E-state index contributed by atoms with van der Waals surface area (Å²) < 4.78 is 5.32. The van der Waals surface area contributed by atoms with E-state index in [1.807, 2.05) is 0 Å². The number of rotatable bonds is 2. The number of hydrogen-bond acceptors (Lipinski definition) is 5. The number of amides is 1. The van der Waals surface area contributed by atoms with Crippen LogP contribution in [0.2, 0.25) is 0 Å². The number of likely N-dealkylation sites (tertiary alicyclic amines) is 1. The van der Waals surface area contributed by atoms with Crippen LogP contribution in [-0.2, 0) is 14.3 Å². The molecule has 22 heavy (non-hydrogen) atoms. The van der Waals surface area contributed by atoms with Crippen LogP contribution < -0.4 is 0 Å². The van der Waals surface area contributed by atoms with Crippen molar-refractivity contribution in [2.75, 3.05) is 13.1 Å². The van der Waals surface area contributed by atoms with E-state index in [1.54, 1.807) is 39.3 Å². The molecular weight excluding hydrogens is 284 g/mol. The molecule has 2 heterocycles. The van der Waals surface area contributed by atoms with Gasteiger partial charge in [0.1, 0.15) is 11.4 Å². The standard InChI is InChI=1S/C16H22N2O4/c1-16(2,3)22-15(21)18-9-6-13(19)12(10-18)14(20)11-4-7-17-8-5-11/h4,7-8,11-12H,5-6,9-10H2,1-3H3. The highest BCUT2D eigenvalue weighted by molar-refractivity contribution is 6.05. The number of nitrogens with zero attached hydrogens (tertiary/aromatic N) is 2. The van der Waals surface area contributed by atoms with Crippen molar-refractivity contribution in [2.24, 2.45) is 16.8 Å². The number of ketones is 2. The predicted molar refractivity (Wildman–Crippen MR) is 81.7 cm³/mol. The maximum atomic E-state index is 12.5. The lowest BCUT2D eigenvalue weighted by Gasteiger charge is -2.33. The van der Waals surface area contributed by atoms with Gasteiger partial charge < -0.3 is 9.64 Å². The zero-order valence-electron chi connectivity index (χ0n) is 13.2. The number of allylic oxidation sites excluding steroid dienone is 1. The number of hydrogen-bond donors (Lipinski definition) is 0. The van der Waals surface area contributed by atoms with Gasteiger partial charge in [-0.2, -0.15) is 0 Å². The zero-order valence-corrected chi connectivity index (χ0v) is 13.2. The van der Waals surface area contributed by atoms with Crippen molar-refractivity contribution in [1.82, 2.24) is 4.90 Å². The van der Waals surface area contributed by atoms with Crippen LogP contribution in [0.25, 0.3) is 0 Å². The van der Waals surface area contributed by atoms with Gasteiger partial charge in [-0.1, -0.05) is 6.08 Å². The predicted octanol–water partition coefficient (Wildman–Crippen LogP) is 1.99. The molecule has 1 saturated heterocycles. The maximum Gasteiger partial charge on any atom is 0.410 e.